The maximum Gasteiger partial charge on any atom is 0.407 e. The molecule has 0 aliphatic carbocycles. The van der Waals surface area contributed by atoms with Crippen molar-refractivity contribution in [2.75, 3.05) is 39.3 Å². The normalized spacial score (nSPS) is 20.5. The zero-order chi connectivity index (χ0) is 20.9. The molecule has 1 aromatic heterocycles. The monoisotopic (exact) mass is 421 g/mol. The summed E-state index contributed by atoms with van der Waals surface area (Å²) >= 11 is 1.88. The van der Waals surface area contributed by atoms with Gasteiger partial charge in [0.05, 0.1) is 12.6 Å². The number of thiophene rings is 1. The van der Waals surface area contributed by atoms with E-state index < -0.39 is 5.60 Å². The van der Waals surface area contributed by atoms with Gasteiger partial charge in [0.25, 0.3) is 0 Å². The summed E-state index contributed by atoms with van der Waals surface area (Å²) in [5.41, 5.74) is 1.00. The summed E-state index contributed by atoms with van der Waals surface area (Å²) in [4.78, 5) is 23.1. The minimum atomic E-state index is -0.475. The van der Waals surface area contributed by atoms with E-state index in [-0.39, 0.29) is 12.1 Å². The van der Waals surface area contributed by atoms with Crippen LogP contribution in [-0.4, -0.2) is 72.8 Å². The molecule has 0 bridgehead atoms. The number of amides is 1. The Balaban J connectivity index is 1.47. The molecule has 2 aliphatic heterocycles. The third-order valence-electron chi connectivity index (χ3n) is 5.11. The molecule has 2 N–H and O–H groups in total. The molecule has 1 saturated heterocycles. The van der Waals surface area contributed by atoms with Crippen LogP contribution in [0.25, 0.3) is 0 Å². The van der Waals surface area contributed by atoms with Gasteiger partial charge in [-0.05, 0) is 57.5 Å². The van der Waals surface area contributed by atoms with Gasteiger partial charge in [-0.3, -0.25) is 9.89 Å². The highest BCUT2D eigenvalue weighted by molar-refractivity contribution is 7.10. The molecule has 0 radical (unpaired) electrons. The number of hydrogen-bond acceptors (Lipinski definition) is 5. The Morgan fingerprint density at radius 2 is 2.21 bits per heavy atom. The number of hydrogen-bond donors (Lipinski definition) is 2. The SMILES string of the molecule is CCNC(=NCCN1CCc2sccc2C1)N1CCC(NC(=O)OC(C)(C)C)C1. The average Bonchev–Trinajstić information content (AvgIpc) is 3.28. The second-order valence-electron chi connectivity index (χ2n) is 8.71. The highest BCUT2D eigenvalue weighted by Gasteiger charge is 2.28. The van der Waals surface area contributed by atoms with E-state index in [1.54, 1.807) is 4.88 Å². The highest BCUT2D eigenvalue weighted by Crippen LogP contribution is 2.23. The number of alkyl carbamates (subject to hydrolysis) is 1. The van der Waals surface area contributed by atoms with Crippen molar-refractivity contribution < 1.29 is 9.53 Å². The molecule has 8 heteroatoms. The van der Waals surface area contributed by atoms with E-state index in [2.05, 4.69) is 38.8 Å². The van der Waals surface area contributed by atoms with Gasteiger partial charge in [-0.1, -0.05) is 0 Å². The van der Waals surface area contributed by atoms with Gasteiger partial charge in [0.2, 0.25) is 0 Å². The van der Waals surface area contributed by atoms with Crippen LogP contribution in [0, 0.1) is 0 Å². The van der Waals surface area contributed by atoms with Gasteiger partial charge >= 0.3 is 6.09 Å². The number of guanidine groups is 1. The van der Waals surface area contributed by atoms with Crippen molar-refractivity contribution >= 4 is 23.4 Å². The molecular formula is C21H35N5O2S. The summed E-state index contributed by atoms with van der Waals surface area (Å²) in [6.45, 7) is 14.1. The number of carbonyl (C=O) groups excluding carboxylic acids is 1. The maximum absolute atomic E-state index is 12.0. The van der Waals surface area contributed by atoms with Gasteiger partial charge in [0.1, 0.15) is 5.60 Å². The number of fused-ring (bicyclic) bond motifs is 1. The lowest BCUT2D eigenvalue weighted by Crippen LogP contribution is -2.44. The summed E-state index contributed by atoms with van der Waals surface area (Å²) in [6, 6.07) is 2.34. The first kappa shape index (κ1) is 21.9. The lowest BCUT2D eigenvalue weighted by molar-refractivity contribution is 0.0507. The van der Waals surface area contributed by atoms with Crippen LogP contribution in [0.15, 0.2) is 16.4 Å². The second-order valence-corrected chi connectivity index (χ2v) is 9.71. The first-order valence-electron chi connectivity index (χ1n) is 10.6. The van der Waals surface area contributed by atoms with Crippen LogP contribution >= 0.6 is 11.3 Å². The average molecular weight is 422 g/mol. The van der Waals surface area contributed by atoms with Crippen molar-refractivity contribution in [1.29, 1.82) is 0 Å². The number of rotatable bonds is 5. The fourth-order valence-corrected chi connectivity index (χ4v) is 4.66. The summed E-state index contributed by atoms with van der Waals surface area (Å²) in [6.07, 6.45) is 1.71. The Morgan fingerprint density at radius 3 is 2.97 bits per heavy atom. The summed E-state index contributed by atoms with van der Waals surface area (Å²) in [5, 5.41) is 8.58. The number of ether oxygens (including phenoxy) is 1. The van der Waals surface area contributed by atoms with E-state index in [0.717, 1.165) is 64.6 Å². The molecule has 0 aromatic carbocycles. The highest BCUT2D eigenvalue weighted by atomic mass is 32.1. The fourth-order valence-electron chi connectivity index (χ4n) is 3.77. The van der Waals surface area contributed by atoms with Gasteiger partial charge in [0, 0.05) is 44.1 Å². The van der Waals surface area contributed by atoms with Crippen molar-refractivity contribution in [1.82, 2.24) is 20.4 Å². The van der Waals surface area contributed by atoms with E-state index in [9.17, 15) is 4.79 Å². The molecule has 7 nitrogen and oxygen atoms in total. The van der Waals surface area contributed by atoms with E-state index in [1.807, 2.05) is 32.1 Å². The fraction of sp³-hybridized carbons (Fsp3) is 0.714. The zero-order valence-corrected chi connectivity index (χ0v) is 19.0. The first-order chi connectivity index (χ1) is 13.8. The molecule has 0 saturated carbocycles. The van der Waals surface area contributed by atoms with E-state index >= 15 is 0 Å². The number of nitrogens with zero attached hydrogens (tertiary/aromatic N) is 3. The van der Waals surface area contributed by atoms with Crippen molar-refractivity contribution in [3.8, 4) is 0 Å². The molecule has 1 aromatic rings. The van der Waals surface area contributed by atoms with Gasteiger partial charge in [0.15, 0.2) is 5.96 Å². The van der Waals surface area contributed by atoms with E-state index in [4.69, 9.17) is 9.73 Å². The quantitative estimate of drug-likeness (QED) is 0.565. The maximum atomic E-state index is 12.0. The van der Waals surface area contributed by atoms with Gasteiger partial charge in [-0.25, -0.2) is 4.79 Å². The number of nitrogens with one attached hydrogen (secondary N) is 2. The third-order valence-corrected chi connectivity index (χ3v) is 6.13. The van der Waals surface area contributed by atoms with E-state index in [1.165, 1.54) is 5.56 Å². The predicted octanol–water partition coefficient (Wildman–Crippen LogP) is 2.67. The van der Waals surface area contributed by atoms with Gasteiger partial charge in [-0.15, -0.1) is 11.3 Å². The van der Waals surface area contributed by atoms with Crippen LogP contribution in [0.4, 0.5) is 4.79 Å². The molecule has 162 valence electrons. The Kier molecular flexibility index (Phi) is 7.40. The predicted molar refractivity (Wildman–Crippen MR) is 119 cm³/mol. The second kappa shape index (κ2) is 9.80. The molecule has 0 spiro atoms. The van der Waals surface area contributed by atoms with Crippen molar-refractivity contribution in [3.63, 3.8) is 0 Å². The summed E-state index contributed by atoms with van der Waals surface area (Å²) < 4.78 is 5.37. The van der Waals surface area contributed by atoms with Crippen LogP contribution in [0.2, 0.25) is 0 Å². The number of likely N-dealkylation sites (tertiary alicyclic amines) is 1. The first-order valence-corrected chi connectivity index (χ1v) is 11.5. The van der Waals surface area contributed by atoms with Crippen molar-refractivity contribution in [3.05, 3.63) is 21.9 Å². The Labute approximate surface area is 178 Å². The molecule has 3 heterocycles. The third kappa shape index (κ3) is 6.60. The Morgan fingerprint density at radius 1 is 1.38 bits per heavy atom. The smallest absolute Gasteiger partial charge is 0.407 e. The minimum Gasteiger partial charge on any atom is -0.444 e. The van der Waals surface area contributed by atoms with Gasteiger partial charge in [-0.2, -0.15) is 0 Å². The van der Waals surface area contributed by atoms with Crippen LogP contribution in [-0.2, 0) is 17.7 Å². The number of aliphatic imine (C=N–C) groups is 1. The summed E-state index contributed by atoms with van der Waals surface area (Å²) in [5.74, 6) is 0.939. The molecule has 3 rings (SSSR count). The topological polar surface area (TPSA) is 69.2 Å². The van der Waals surface area contributed by atoms with Crippen LogP contribution in [0.1, 0.15) is 44.6 Å². The molecule has 1 fully saturated rings. The molecule has 1 atom stereocenters. The molecule has 2 aliphatic rings. The van der Waals surface area contributed by atoms with Gasteiger partial charge < -0.3 is 20.3 Å². The van der Waals surface area contributed by atoms with Crippen LogP contribution in [0.5, 0.6) is 0 Å². The van der Waals surface area contributed by atoms with Crippen molar-refractivity contribution in [2.24, 2.45) is 4.99 Å². The number of carbonyl (C=O) groups is 1. The minimum absolute atomic E-state index is 0.0906. The largest absolute Gasteiger partial charge is 0.444 e. The zero-order valence-electron chi connectivity index (χ0n) is 18.2. The Hall–Kier alpha value is -1.80. The lowest BCUT2D eigenvalue weighted by Gasteiger charge is -2.27. The molecule has 1 amide bonds. The molecule has 1 unspecified atom stereocenters. The van der Waals surface area contributed by atoms with E-state index in [0.29, 0.717) is 0 Å². The lowest BCUT2D eigenvalue weighted by atomic mass is 10.1. The molecular weight excluding hydrogens is 386 g/mol. The Bertz CT molecular complexity index is 712. The van der Waals surface area contributed by atoms with Crippen molar-refractivity contribution in [2.45, 2.75) is 58.7 Å². The summed E-state index contributed by atoms with van der Waals surface area (Å²) in [7, 11) is 0. The van der Waals surface area contributed by atoms with Crippen LogP contribution in [0.3, 0.4) is 0 Å². The standard InChI is InChI=1S/C21H35N5O2S/c1-5-22-19(23-9-12-25-10-7-18-16(14-25)8-13-29-18)26-11-6-17(15-26)24-20(27)28-21(2,3)4/h8,13,17H,5-7,9-12,14-15H2,1-4H3,(H,22,23)(H,24,27). The molecule has 29 heavy (non-hydrogen) atoms. The van der Waals surface area contributed by atoms with Crippen LogP contribution < -0.4 is 10.6 Å².